The highest BCUT2D eigenvalue weighted by atomic mass is 28.3. The zero-order chi connectivity index (χ0) is 17.8. The molecule has 24 heavy (non-hydrogen) atoms. The van der Waals surface area contributed by atoms with E-state index in [2.05, 4.69) is 31.2 Å². The summed E-state index contributed by atoms with van der Waals surface area (Å²) in [6, 6.07) is 19.5. The van der Waals surface area contributed by atoms with Crippen LogP contribution in [0.1, 0.15) is 15.9 Å². The molecule has 3 nitrogen and oxygen atoms in total. The van der Waals surface area contributed by atoms with Gasteiger partial charge in [-0.1, -0.05) is 56.5 Å². The van der Waals surface area contributed by atoms with Crippen molar-refractivity contribution in [2.75, 3.05) is 4.98 Å². The van der Waals surface area contributed by atoms with Crippen LogP contribution in [0.15, 0.2) is 54.6 Å². The Labute approximate surface area is 147 Å². The molecule has 0 spiro atoms. The third-order valence-electron chi connectivity index (χ3n) is 4.06. The zero-order valence-corrected chi connectivity index (χ0v) is 17.1. The topological polar surface area (TPSA) is 55.1 Å². The van der Waals surface area contributed by atoms with Gasteiger partial charge in [-0.2, -0.15) is 0 Å². The number of benzene rings is 2. The van der Waals surface area contributed by atoms with Crippen LogP contribution in [0.5, 0.6) is 0 Å². The second-order valence-electron chi connectivity index (χ2n) is 7.77. The molecule has 0 aromatic heterocycles. The Balaban J connectivity index is 2.03. The fraction of sp³-hybridized carbons (Fsp3) is 0.316. The monoisotopic (exact) mass is 356 g/mol. The van der Waals surface area contributed by atoms with Crippen molar-refractivity contribution in [2.24, 2.45) is 5.40 Å². The van der Waals surface area contributed by atoms with Gasteiger partial charge in [0.2, 0.25) is 0 Å². The van der Waals surface area contributed by atoms with E-state index in [0.717, 1.165) is 22.9 Å². The number of ketones is 1. The van der Waals surface area contributed by atoms with E-state index in [0.29, 0.717) is 0 Å². The Hall–Kier alpha value is -1.70. The van der Waals surface area contributed by atoms with Crippen molar-refractivity contribution < 1.29 is 4.79 Å². The number of anilines is 1. The van der Waals surface area contributed by atoms with Gasteiger partial charge in [0, 0.05) is 16.8 Å². The quantitative estimate of drug-likeness (QED) is 0.558. The Kier molecular flexibility index (Phi) is 5.80. The van der Waals surface area contributed by atoms with Gasteiger partial charge in [-0.3, -0.25) is 4.79 Å². The first-order chi connectivity index (χ1) is 11.2. The second-order valence-corrected chi connectivity index (χ2v) is 16.8. The molecule has 0 aliphatic heterocycles. The van der Waals surface area contributed by atoms with Crippen LogP contribution < -0.4 is 10.4 Å². The normalized spacial score (nSPS) is 12.0. The van der Waals surface area contributed by atoms with E-state index in [1.807, 2.05) is 54.6 Å². The molecular formula is C19H28N2OSi2. The Morgan fingerprint density at radius 1 is 0.875 bits per heavy atom. The number of hydrogen-bond donors (Lipinski definition) is 2. The molecule has 2 aromatic rings. The maximum atomic E-state index is 12.4. The Morgan fingerprint density at radius 2 is 1.42 bits per heavy atom. The van der Waals surface area contributed by atoms with E-state index in [9.17, 15) is 4.79 Å². The lowest BCUT2D eigenvalue weighted by Gasteiger charge is -2.28. The minimum atomic E-state index is -1.54. The van der Waals surface area contributed by atoms with Crippen LogP contribution in [-0.4, -0.2) is 22.3 Å². The van der Waals surface area contributed by atoms with Gasteiger partial charge >= 0.3 is 0 Å². The molecule has 3 N–H and O–H groups in total. The van der Waals surface area contributed by atoms with Crippen molar-refractivity contribution in [3.05, 3.63) is 65.7 Å². The Bertz CT molecular complexity index is 677. The minimum Gasteiger partial charge on any atom is -0.411 e. The summed E-state index contributed by atoms with van der Waals surface area (Å²) in [6.07, 6.45) is 0. The minimum absolute atomic E-state index is 0.0644. The summed E-state index contributed by atoms with van der Waals surface area (Å²) in [5, 5.41) is 6.24. The van der Waals surface area contributed by atoms with Crippen LogP contribution in [0, 0.1) is 0 Å². The lowest BCUT2D eigenvalue weighted by molar-refractivity contribution is 0.103. The van der Waals surface area contributed by atoms with E-state index < -0.39 is 16.5 Å². The highest BCUT2D eigenvalue weighted by Crippen LogP contribution is 2.21. The van der Waals surface area contributed by atoms with Gasteiger partial charge in [0.15, 0.2) is 5.78 Å². The van der Waals surface area contributed by atoms with Crippen LogP contribution in [0.2, 0.25) is 38.3 Å². The second kappa shape index (κ2) is 7.46. The van der Waals surface area contributed by atoms with Crippen molar-refractivity contribution >= 4 is 27.9 Å². The van der Waals surface area contributed by atoms with E-state index in [1.165, 1.54) is 6.04 Å². The maximum absolute atomic E-state index is 12.4. The molecule has 0 aliphatic carbocycles. The molecule has 0 fully saturated rings. The standard InChI is InChI=1S/C19H28N2OSi2/c1-23(2,20)14-15-24(3,4)21-18-12-10-17(11-13-18)19(22)16-8-6-5-7-9-16/h5-13,21H,14-15,20H2,1-4H3. The Morgan fingerprint density at radius 3 is 1.96 bits per heavy atom. The first-order valence-electron chi connectivity index (χ1n) is 8.43. The van der Waals surface area contributed by atoms with E-state index in [1.54, 1.807) is 0 Å². The number of rotatable bonds is 7. The molecule has 2 rings (SSSR count). The predicted octanol–water partition coefficient (Wildman–Crippen LogP) is 4.70. The lowest BCUT2D eigenvalue weighted by atomic mass is 10.0. The smallest absolute Gasteiger partial charge is 0.193 e. The third-order valence-corrected chi connectivity index (χ3v) is 8.56. The summed E-state index contributed by atoms with van der Waals surface area (Å²) < 4.78 is 0. The van der Waals surface area contributed by atoms with Crippen LogP contribution in [0.3, 0.4) is 0 Å². The average molecular weight is 357 g/mol. The molecule has 128 valence electrons. The molecule has 0 heterocycles. The molecule has 0 radical (unpaired) electrons. The van der Waals surface area contributed by atoms with Gasteiger partial charge in [-0.15, -0.1) is 0 Å². The predicted molar refractivity (Wildman–Crippen MR) is 109 cm³/mol. The van der Waals surface area contributed by atoms with E-state index in [4.69, 9.17) is 5.40 Å². The maximum Gasteiger partial charge on any atom is 0.193 e. The van der Waals surface area contributed by atoms with Crippen LogP contribution >= 0.6 is 0 Å². The number of nitrogens with one attached hydrogen (secondary N) is 1. The molecule has 0 bridgehead atoms. The number of carbonyl (C=O) groups is 1. The molecular weight excluding hydrogens is 328 g/mol. The lowest BCUT2D eigenvalue weighted by Crippen LogP contribution is -2.43. The van der Waals surface area contributed by atoms with Crippen molar-refractivity contribution in [1.29, 1.82) is 0 Å². The fourth-order valence-corrected chi connectivity index (χ4v) is 8.70. The third kappa shape index (κ3) is 5.74. The number of nitrogens with two attached hydrogens (primary N) is 1. The molecule has 0 amide bonds. The summed E-state index contributed by atoms with van der Waals surface area (Å²) in [4.78, 5) is 16.1. The molecule has 0 saturated carbocycles. The van der Waals surface area contributed by atoms with Crippen LogP contribution in [0.4, 0.5) is 5.69 Å². The van der Waals surface area contributed by atoms with Gasteiger partial charge < -0.3 is 10.4 Å². The molecule has 2 aromatic carbocycles. The van der Waals surface area contributed by atoms with Crippen molar-refractivity contribution in [3.63, 3.8) is 0 Å². The van der Waals surface area contributed by atoms with Gasteiger partial charge in [0.25, 0.3) is 0 Å². The van der Waals surface area contributed by atoms with E-state index >= 15 is 0 Å². The summed E-state index contributed by atoms with van der Waals surface area (Å²) in [5.74, 6) is 0.0644. The largest absolute Gasteiger partial charge is 0.411 e. The summed E-state index contributed by atoms with van der Waals surface area (Å²) >= 11 is 0. The molecule has 0 atom stereocenters. The summed E-state index contributed by atoms with van der Waals surface area (Å²) in [7, 11) is -3.04. The van der Waals surface area contributed by atoms with Crippen molar-refractivity contribution in [3.8, 4) is 0 Å². The van der Waals surface area contributed by atoms with Gasteiger partial charge in [-0.05, 0) is 36.4 Å². The first kappa shape index (κ1) is 18.6. The fourth-order valence-electron chi connectivity index (χ4n) is 2.55. The van der Waals surface area contributed by atoms with Crippen LogP contribution in [0.25, 0.3) is 0 Å². The SMILES string of the molecule is C[Si](C)(N)CC[Si](C)(C)Nc1ccc(C(=O)c2ccccc2)cc1. The van der Waals surface area contributed by atoms with Crippen molar-refractivity contribution in [1.82, 2.24) is 0 Å². The highest BCUT2D eigenvalue weighted by molar-refractivity contribution is 6.83. The van der Waals surface area contributed by atoms with Gasteiger partial charge in [0.1, 0.15) is 16.5 Å². The summed E-state index contributed by atoms with van der Waals surface area (Å²) in [5.41, 5.74) is 2.54. The molecule has 0 saturated heterocycles. The zero-order valence-electron chi connectivity index (χ0n) is 15.1. The molecule has 0 unspecified atom stereocenters. The summed E-state index contributed by atoms with van der Waals surface area (Å²) in [6.45, 7) is 9.08. The van der Waals surface area contributed by atoms with E-state index in [-0.39, 0.29) is 5.78 Å². The average Bonchev–Trinajstić information content (AvgIpc) is 2.53. The highest BCUT2D eigenvalue weighted by Gasteiger charge is 2.25. The van der Waals surface area contributed by atoms with Gasteiger partial charge in [-0.25, -0.2) is 0 Å². The number of hydrogen-bond acceptors (Lipinski definition) is 3. The first-order valence-corrected chi connectivity index (χ1v) is 14.9. The van der Waals surface area contributed by atoms with Gasteiger partial charge in [0.05, 0.1) is 0 Å². The molecule has 0 aliphatic rings. The number of carbonyl (C=O) groups excluding carboxylic acids is 1. The van der Waals surface area contributed by atoms with Crippen LogP contribution in [-0.2, 0) is 0 Å². The molecule has 5 heteroatoms. The van der Waals surface area contributed by atoms with Crippen molar-refractivity contribution in [2.45, 2.75) is 38.3 Å².